The molecule has 0 aliphatic carbocycles. The van der Waals surface area contributed by atoms with Crippen molar-refractivity contribution in [3.63, 3.8) is 0 Å². The Morgan fingerprint density at radius 3 is 3.00 bits per heavy atom. The Balaban J connectivity index is 1.96. The molecule has 2 unspecified atom stereocenters. The van der Waals surface area contributed by atoms with Gasteiger partial charge in [0.2, 0.25) is 0 Å². The zero-order valence-electron chi connectivity index (χ0n) is 10.00. The molecule has 3 heteroatoms. The van der Waals surface area contributed by atoms with Gasteiger partial charge in [-0.3, -0.25) is 4.90 Å². The first-order valence-corrected chi connectivity index (χ1v) is 6.16. The largest absolute Gasteiger partial charge is 0.383 e. The van der Waals surface area contributed by atoms with Gasteiger partial charge in [0, 0.05) is 25.3 Å². The van der Waals surface area contributed by atoms with E-state index in [1.165, 1.54) is 32.2 Å². The third-order valence-electron chi connectivity index (χ3n) is 3.96. The predicted molar refractivity (Wildman–Crippen MR) is 60.1 cm³/mol. The molecule has 2 saturated heterocycles. The van der Waals surface area contributed by atoms with Crippen molar-refractivity contribution < 1.29 is 9.47 Å². The summed E-state index contributed by atoms with van der Waals surface area (Å²) < 4.78 is 11.0. The lowest BCUT2D eigenvalue weighted by molar-refractivity contribution is 0.0226. The van der Waals surface area contributed by atoms with Crippen LogP contribution in [0, 0.1) is 0 Å². The SMILES string of the molecule is CCOCC1CCC2(COC)CCCN12. The van der Waals surface area contributed by atoms with Crippen LogP contribution in [0.5, 0.6) is 0 Å². The molecule has 2 aliphatic heterocycles. The zero-order chi connectivity index (χ0) is 10.7. The second-order valence-corrected chi connectivity index (χ2v) is 4.81. The summed E-state index contributed by atoms with van der Waals surface area (Å²) in [6, 6.07) is 0.641. The summed E-state index contributed by atoms with van der Waals surface area (Å²) in [7, 11) is 1.82. The molecule has 88 valence electrons. The van der Waals surface area contributed by atoms with Gasteiger partial charge in [0.1, 0.15) is 0 Å². The number of rotatable bonds is 5. The van der Waals surface area contributed by atoms with Gasteiger partial charge in [-0.05, 0) is 39.2 Å². The van der Waals surface area contributed by atoms with Gasteiger partial charge < -0.3 is 9.47 Å². The van der Waals surface area contributed by atoms with Gasteiger partial charge in [0.15, 0.2) is 0 Å². The minimum Gasteiger partial charge on any atom is -0.383 e. The summed E-state index contributed by atoms with van der Waals surface area (Å²) >= 11 is 0. The highest BCUT2D eigenvalue weighted by Crippen LogP contribution is 2.42. The summed E-state index contributed by atoms with van der Waals surface area (Å²) in [6.07, 6.45) is 5.21. The van der Waals surface area contributed by atoms with Crippen LogP contribution >= 0.6 is 0 Å². The lowest BCUT2D eigenvalue weighted by Crippen LogP contribution is -2.46. The van der Waals surface area contributed by atoms with Crippen LogP contribution in [0.25, 0.3) is 0 Å². The molecule has 2 rings (SSSR count). The summed E-state index contributed by atoms with van der Waals surface area (Å²) in [4.78, 5) is 2.64. The van der Waals surface area contributed by atoms with E-state index in [4.69, 9.17) is 9.47 Å². The van der Waals surface area contributed by atoms with Crippen molar-refractivity contribution in [3.8, 4) is 0 Å². The van der Waals surface area contributed by atoms with E-state index < -0.39 is 0 Å². The average molecular weight is 213 g/mol. The number of methoxy groups -OCH3 is 1. The van der Waals surface area contributed by atoms with Crippen LogP contribution in [0.3, 0.4) is 0 Å². The molecule has 3 nitrogen and oxygen atoms in total. The van der Waals surface area contributed by atoms with E-state index in [1.54, 1.807) is 0 Å². The Morgan fingerprint density at radius 1 is 1.40 bits per heavy atom. The molecule has 0 aromatic heterocycles. The Hall–Kier alpha value is -0.120. The van der Waals surface area contributed by atoms with Gasteiger partial charge in [-0.15, -0.1) is 0 Å². The van der Waals surface area contributed by atoms with E-state index in [0.29, 0.717) is 11.6 Å². The standard InChI is InChI=1S/C12H23NO2/c1-3-15-9-11-5-7-12(10-14-2)6-4-8-13(11)12/h11H,3-10H2,1-2H3. The number of nitrogens with zero attached hydrogens (tertiary/aromatic N) is 1. The van der Waals surface area contributed by atoms with E-state index in [-0.39, 0.29) is 0 Å². The quantitative estimate of drug-likeness (QED) is 0.693. The van der Waals surface area contributed by atoms with E-state index >= 15 is 0 Å². The highest BCUT2D eigenvalue weighted by atomic mass is 16.5. The molecule has 0 amide bonds. The lowest BCUT2D eigenvalue weighted by Gasteiger charge is -2.34. The van der Waals surface area contributed by atoms with E-state index in [2.05, 4.69) is 11.8 Å². The monoisotopic (exact) mass is 213 g/mol. The maximum atomic E-state index is 5.57. The van der Waals surface area contributed by atoms with Gasteiger partial charge in [0.25, 0.3) is 0 Å². The predicted octanol–water partition coefficient (Wildman–Crippen LogP) is 1.67. The molecule has 0 aromatic rings. The Morgan fingerprint density at radius 2 is 2.27 bits per heavy atom. The summed E-state index contributed by atoms with van der Waals surface area (Å²) in [6.45, 7) is 5.95. The summed E-state index contributed by atoms with van der Waals surface area (Å²) in [5.41, 5.74) is 0.358. The van der Waals surface area contributed by atoms with Crippen LogP contribution in [0.4, 0.5) is 0 Å². The highest BCUT2D eigenvalue weighted by molar-refractivity contribution is 5.04. The van der Waals surface area contributed by atoms with Crippen LogP contribution in [0.15, 0.2) is 0 Å². The van der Waals surface area contributed by atoms with Gasteiger partial charge in [-0.1, -0.05) is 0 Å². The fourth-order valence-electron chi connectivity index (χ4n) is 3.31. The maximum absolute atomic E-state index is 5.57. The molecular weight excluding hydrogens is 190 g/mol. The van der Waals surface area contributed by atoms with Gasteiger partial charge >= 0.3 is 0 Å². The second kappa shape index (κ2) is 4.81. The highest BCUT2D eigenvalue weighted by Gasteiger charge is 2.48. The van der Waals surface area contributed by atoms with Crippen molar-refractivity contribution in [2.75, 3.05) is 33.5 Å². The van der Waals surface area contributed by atoms with Crippen molar-refractivity contribution in [2.45, 2.75) is 44.2 Å². The van der Waals surface area contributed by atoms with E-state index in [9.17, 15) is 0 Å². The van der Waals surface area contributed by atoms with Crippen molar-refractivity contribution in [3.05, 3.63) is 0 Å². The zero-order valence-corrected chi connectivity index (χ0v) is 10.00. The minimum atomic E-state index is 0.358. The molecule has 15 heavy (non-hydrogen) atoms. The first-order chi connectivity index (χ1) is 7.32. The molecule has 0 aromatic carbocycles. The van der Waals surface area contributed by atoms with Crippen molar-refractivity contribution in [2.24, 2.45) is 0 Å². The minimum absolute atomic E-state index is 0.358. The first kappa shape index (κ1) is 11.4. The molecule has 2 aliphatic rings. The molecule has 0 N–H and O–H groups in total. The Bertz CT molecular complexity index is 210. The lowest BCUT2D eigenvalue weighted by atomic mass is 9.95. The average Bonchev–Trinajstić information content (AvgIpc) is 2.75. The van der Waals surface area contributed by atoms with E-state index in [0.717, 1.165) is 19.8 Å². The molecule has 2 heterocycles. The molecule has 2 fully saturated rings. The van der Waals surface area contributed by atoms with Gasteiger partial charge in [-0.25, -0.2) is 0 Å². The smallest absolute Gasteiger partial charge is 0.0646 e. The summed E-state index contributed by atoms with van der Waals surface area (Å²) in [5, 5.41) is 0. The Labute approximate surface area is 92.7 Å². The fourth-order valence-corrected chi connectivity index (χ4v) is 3.31. The second-order valence-electron chi connectivity index (χ2n) is 4.81. The number of hydrogen-bond acceptors (Lipinski definition) is 3. The normalized spacial score (nSPS) is 36.0. The van der Waals surface area contributed by atoms with Gasteiger partial charge in [-0.2, -0.15) is 0 Å². The van der Waals surface area contributed by atoms with Crippen LogP contribution in [-0.2, 0) is 9.47 Å². The van der Waals surface area contributed by atoms with Crippen LogP contribution < -0.4 is 0 Å². The van der Waals surface area contributed by atoms with Crippen LogP contribution in [-0.4, -0.2) is 50.0 Å². The fraction of sp³-hybridized carbons (Fsp3) is 1.00. The van der Waals surface area contributed by atoms with E-state index in [1.807, 2.05) is 7.11 Å². The first-order valence-electron chi connectivity index (χ1n) is 6.16. The third kappa shape index (κ3) is 2.05. The third-order valence-corrected chi connectivity index (χ3v) is 3.96. The molecule has 0 bridgehead atoms. The molecule has 0 saturated carbocycles. The molecule has 0 radical (unpaired) electrons. The van der Waals surface area contributed by atoms with Crippen LogP contribution in [0.2, 0.25) is 0 Å². The molecule has 2 atom stereocenters. The number of ether oxygens (including phenoxy) is 2. The van der Waals surface area contributed by atoms with Crippen molar-refractivity contribution in [1.82, 2.24) is 4.90 Å². The van der Waals surface area contributed by atoms with Crippen molar-refractivity contribution in [1.29, 1.82) is 0 Å². The van der Waals surface area contributed by atoms with Crippen molar-refractivity contribution >= 4 is 0 Å². The topological polar surface area (TPSA) is 21.7 Å². The van der Waals surface area contributed by atoms with Crippen LogP contribution in [0.1, 0.15) is 32.6 Å². The number of fused-ring (bicyclic) bond motifs is 1. The Kier molecular flexibility index (Phi) is 3.65. The maximum Gasteiger partial charge on any atom is 0.0646 e. The number of hydrogen-bond donors (Lipinski definition) is 0. The summed E-state index contributed by atoms with van der Waals surface area (Å²) in [5.74, 6) is 0. The van der Waals surface area contributed by atoms with Gasteiger partial charge in [0.05, 0.1) is 13.2 Å². The molecule has 0 spiro atoms. The molecular formula is C12H23NO2.